The molecule has 0 spiro atoms. The third-order valence-corrected chi connectivity index (χ3v) is 4.68. The molecule has 0 aliphatic carbocycles. The van der Waals surface area contributed by atoms with Crippen LogP contribution in [0.4, 0.5) is 0 Å². The van der Waals surface area contributed by atoms with Crippen LogP contribution in [0.5, 0.6) is 5.75 Å². The summed E-state index contributed by atoms with van der Waals surface area (Å²) >= 11 is 5.47. The Bertz CT molecular complexity index is 553. The van der Waals surface area contributed by atoms with Gasteiger partial charge in [0.25, 0.3) is 0 Å². The summed E-state index contributed by atoms with van der Waals surface area (Å²) in [5, 5.41) is 3.38. The van der Waals surface area contributed by atoms with E-state index in [1.807, 2.05) is 37.4 Å². The standard InChI is InChI=1S/C15H18BrNOS/c1-4-18-11-6-7-12(13(16)9-11)15(17-3)14-8-5-10(2)19-14/h5-9,15,17H,4H2,1-3H3. The molecular weight excluding hydrogens is 322 g/mol. The van der Waals surface area contributed by atoms with E-state index < -0.39 is 0 Å². The van der Waals surface area contributed by atoms with Crippen molar-refractivity contribution in [3.05, 3.63) is 50.1 Å². The summed E-state index contributed by atoms with van der Waals surface area (Å²) < 4.78 is 6.59. The Kier molecular flexibility index (Phi) is 5.02. The zero-order valence-electron chi connectivity index (χ0n) is 11.4. The first-order valence-electron chi connectivity index (χ1n) is 6.31. The van der Waals surface area contributed by atoms with E-state index in [1.54, 1.807) is 0 Å². The zero-order chi connectivity index (χ0) is 13.8. The lowest BCUT2D eigenvalue weighted by Crippen LogP contribution is -2.17. The summed E-state index contributed by atoms with van der Waals surface area (Å²) in [5.41, 5.74) is 1.23. The van der Waals surface area contributed by atoms with E-state index in [1.165, 1.54) is 15.3 Å². The van der Waals surface area contributed by atoms with Gasteiger partial charge in [-0.15, -0.1) is 11.3 Å². The highest BCUT2D eigenvalue weighted by molar-refractivity contribution is 9.10. The van der Waals surface area contributed by atoms with Crippen LogP contribution < -0.4 is 10.1 Å². The second-order valence-electron chi connectivity index (χ2n) is 4.29. The van der Waals surface area contributed by atoms with Crippen molar-refractivity contribution in [2.45, 2.75) is 19.9 Å². The summed E-state index contributed by atoms with van der Waals surface area (Å²) in [4.78, 5) is 2.65. The summed E-state index contributed by atoms with van der Waals surface area (Å²) in [5.74, 6) is 0.898. The second kappa shape index (κ2) is 6.55. The molecule has 0 aliphatic rings. The van der Waals surface area contributed by atoms with Crippen LogP contribution in [0, 0.1) is 6.92 Å². The van der Waals surface area contributed by atoms with Crippen LogP contribution in [-0.2, 0) is 0 Å². The number of thiophene rings is 1. The van der Waals surface area contributed by atoms with Gasteiger partial charge in [0, 0.05) is 14.2 Å². The van der Waals surface area contributed by atoms with Crippen molar-refractivity contribution >= 4 is 27.3 Å². The fourth-order valence-electron chi connectivity index (χ4n) is 2.06. The van der Waals surface area contributed by atoms with E-state index in [0.29, 0.717) is 6.61 Å². The number of ether oxygens (including phenoxy) is 1. The van der Waals surface area contributed by atoms with Gasteiger partial charge in [0.15, 0.2) is 0 Å². The zero-order valence-corrected chi connectivity index (χ0v) is 13.8. The fourth-order valence-corrected chi connectivity index (χ4v) is 3.65. The fraction of sp³-hybridized carbons (Fsp3) is 0.333. The van der Waals surface area contributed by atoms with Crippen LogP contribution in [0.1, 0.15) is 28.3 Å². The molecule has 1 atom stereocenters. The largest absolute Gasteiger partial charge is 0.494 e. The predicted octanol–water partition coefficient (Wildman–Crippen LogP) is 4.53. The molecule has 0 amide bonds. The molecule has 2 aromatic rings. The van der Waals surface area contributed by atoms with Crippen molar-refractivity contribution in [1.29, 1.82) is 0 Å². The van der Waals surface area contributed by atoms with Gasteiger partial charge in [-0.05, 0) is 50.7 Å². The van der Waals surface area contributed by atoms with Crippen LogP contribution in [0.2, 0.25) is 0 Å². The van der Waals surface area contributed by atoms with Gasteiger partial charge in [-0.1, -0.05) is 22.0 Å². The molecule has 0 radical (unpaired) electrons. The van der Waals surface area contributed by atoms with Crippen molar-refractivity contribution in [3.63, 3.8) is 0 Å². The van der Waals surface area contributed by atoms with Crippen LogP contribution in [0.25, 0.3) is 0 Å². The molecule has 1 unspecified atom stereocenters. The minimum atomic E-state index is 0.212. The normalized spacial score (nSPS) is 12.4. The highest BCUT2D eigenvalue weighted by atomic mass is 79.9. The van der Waals surface area contributed by atoms with Gasteiger partial charge in [0.1, 0.15) is 5.75 Å². The van der Waals surface area contributed by atoms with Crippen molar-refractivity contribution in [3.8, 4) is 5.75 Å². The molecule has 0 aliphatic heterocycles. The average molecular weight is 340 g/mol. The SMILES string of the molecule is CCOc1ccc(C(NC)c2ccc(C)s2)c(Br)c1. The van der Waals surface area contributed by atoms with E-state index in [9.17, 15) is 0 Å². The first-order valence-corrected chi connectivity index (χ1v) is 7.92. The molecule has 2 rings (SSSR count). The molecule has 1 heterocycles. The van der Waals surface area contributed by atoms with Crippen molar-refractivity contribution in [2.24, 2.45) is 0 Å². The van der Waals surface area contributed by atoms with Crippen LogP contribution in [0.3, 0.4) is 0 Å². The number of rotatable bonds is 5. The van der Waals surface area contributed by atoms with Gasteiger partial charge in [-0.2, -0.15) is 0 Å². The van der Waals surface area contributed by atoms with Gasteiger partial charge < -0.3 is 10.1 Å². The lowest BCUT2D eigenvalue weighted by molar-refractivity contribution is 0.340. The highest BCUT2D eigenvalue weighted by Gasteiger charge is 2.17. The summed E-state index contributed by atoms with van der Waals surface area (Å²) in [7, 11) is 1.99. The maximum atomic E-state index is 5.52. The molecule has 19 heavy (non-hydrogen) atoms. The Morgan fingerprint density at radius 2 is 2.11 bits per heavy atom. The maximum Gasteiger partial charge on any atom is 0.120 e. The number of aryl methyl sites for hydroxylation is 1. The Morgan fingerprint density at radius 3 is 2.63 bits per heavy atom. The minimum Gasteiger partial charge on any atom is -0.494 e. The predicted molar refractivity (Wildman–Crippen MR) is 85.3 cm³/mol. The quantitative estimate of drug-likeness (QED) is 0.864. The Labute approximate surface area is 126 Å². The molecule has 0 saturated carbocycles. The summed E-state index contributed by atoms with van der Waals surface area (Å²) in [6.07, 6.45) is 0. The number of nitrogens with one attached hydrogen (secondary N) is 1. The smallest absolute Gasteiger partial charge is 0.120 e. The highest BCUT2D eigenvalue weighted by Crippen LogP contribution is 2.34. The van der Waals surface area contributed by atoms with E-state index >= 15 is 0 Å². The van der Waals surface area contributed by atoms with E-state index in [4.69, 9.17) is 4.74 Å². The molecule has 0 fully saturated rings. The third-order valence-electron chi connectivity index (χ3n) is 2.93. The molecule has 1 aromatic heterocycles. The molecule has 0 bridgehead atoms. The van der Waals surface area contributed by atoms with Crippen LogP contribution in [-0.4, -0.2) is 13.7 Å². The number of halogens is 1. The lowest BCUT2D eigenvalue weighted by Gasteiger charge is -2.17. The third kappa shape index (κ3) is 3.38. The average Bonchev–Trinajstić information content (AvgIpc) is 2.80. The van der Waals surface area contributed by atoms with Gasteiger partial charge in [0.2, 0.25) is 0 Å². The lowest BCUT2D eigenvalue weighted by atomic mass is 10.1. The maximum absolute atomic E-state index is 5.52. The molecular formula is C15H18BrNOS. The molecule has 1 aromatic carbocycles. The molecule has 2 nitrogen and oxygen atoms in total. The van der Waals surface area contributed by atoms with E-state index in [-0.39, 0.29) is 6.04 Å². The number of hydrogen-bond donors (Lipinski definition) is 1. The summed E-state index contributed by atoms with van der Waals surface area (Å²) in [6.45, 7) is 4.81. The van der Waals surface area contributed by atoms with Crippen molar-refractivity contribution in [2.75, 3.05) is 13.7 Å². The Morgan fingerprint density at radius 1 is 1.32 bits per heavy atom. The first kappa shape index (κ1) is 14.6. The monoisotopic (exact) mass is 339 g/mol. The van der Waals surface area contributed by atoms with Gasteiger partial charge in [-0.3, -0.25) is 0 Å². The molecule has 1 N–H and O–H groups in total. The van der Waals surface area contributed by atoms with E-state index in [0.717, 1.165) is 10.2 Å². The van der Waals surface area contributed by atoms with E-state index in [2.05, 4.69) is 46.4 Å². The molecule has 102 valence electrons. The topological polar surface area (TPSA) is 21.3 Å². The number of hydrogen-bond acceptors (Lipinski definition) is 3. The Hall–Kier alpha value is -0.840. The summed E-state index contributed by atoms with van der Waals surface area (Å²) in [6, 6.07) is 10.7. The van der Waals surface area contributed by atoms with Crippen molar-refractivity contribution < 1.29 is 4.74 Å². The van der Waals surface area contributed by atoms with Gasteiger partial charge in [-0.25, -0.2) is 0 Å². The minimum absolute atomic E-state index is 0.212. The van der Waals surface area contributed by atoms with Gasteiger partial charge in [0.05, 0.1) is 12.6 Å². The molecule has 0 saturated heterocycles. The first-order chi connectivity index (χ1) is 9.15. The van der Waals surface area contributed by atoms with Crippen LogP contribution in [0.15, 0.2) is 34.8 Å². The van der Waals surface area contributed by atoms with Crippen molar-refractivity contribution in [1.82, 2.24) is 5.32 Å². The van der Waals surface area contributed by atoms with Crippen LogP contribution >= 0.6 is 27.3 Å². The molecule has 4 heteroatoms. The Balaban J connectivity index is 2.33. The number of benzene rings is 1. The second-order valence-corrected chi connectivity index (χ2v) is 6.46. The van der Waals surface area contributed by atoms with Gasteiger partial charge >= 0.3 is 0 Å².